The van der Waals surface area contributed by atoms with E-state index in [1.165, 1.54) is 0 Å². The van der Waals surface area contributed by atoms with Gasteiger partial charge in [0.05, 0.1) is 16.7 Å². The predicted molar refractivity (Wildman–Crippen MR) is 73.9 cm³/mol. The molecule has 1 atom stereocenters. The molecule has 1 N–H and O–H groups in total. The highest BCUT2D eigenvalue weighted by Crippen LogP contribution is 2.29. The first-order chi connectivity index (χ1) is 9.09. The smallest absolute Gasteiger partial charge is 0.147 e. The highest BCUT2D eigenvalue weighted by atomic mass is 16.3. The summed E-state index contributed by atoms with van der Waals surface area (Å²) in [4.78, 5) is 6.58. The molecule has 2 heterocycles. The van der Waals surface area contributed by atoms with Gasteiger partial charge in [0.25, 0.3) is 0 Å². The van der Waals surface area contributed by atoms with E-state index in [0.717, 1.165) is 17.4 Å². The van der Waals surface area contributed by atoms with Crippen LogP contribution in [0.4, 0.5) is 5.82 Å². The first-order valence-corrected chi connectivity index (χ1v) is 6.36. The number of aromatic nitrogens is 1. The summed E-state index contributed by atoms with van der Waals surface area (Å²) in [7, 11) is 0. The molecule has 96 valence electrons. The third-order valence-corrected chi connectivity index (χ3v) is 3.58. The maximum absolute atomic E-state index is 10.1. The largest absolute Gasteiger partial charge is 0.388 e. The topological polar surface area (TPSA) is 60.1 Å². The molecule has 0 radical (unpaired) electrons. The van der Waals surface area contributed by atoms with Crippen molar-refractivity contribution in [3.8, 4) is 6.07 Å². The zero-order valence-electron chi connectivity index (χ0n) is 10.8. The van der Waals surface area contributed by atoms with E-state index >= 15 is 0 Å². The lowest BCUT2D eigenvalue weighted by Gasteiger charge is -2.21. The molecule has 1 aromatic carbocycles. The third-order valence-electron chi connectivity index (χ3n) is 3.58. The number of hydrogen-bond donors (Lipinski definition) is 1. The molecule has 1 fully saturated rings. The van der Waals surface area contributed by atoms with Crippen molar-refractivity contribution in [2.75, 3.05) is 18.0 Å². The normalized spacial score (nSPS) is 22.7. The zero-order chi connectivity index (χ0) is 13.5. The van der Waals surface area contributed by atoms with Crippen molar-refractivity contribution in [3.63, 3.8) is 0 Å². The van der Waals surface area contributed by atoms with Gasteiger partial charge in [-0.1, -0.05) is 18.2 Å². The van der Waals surface area contributed by atoms with Crippen molar-refractivity contribution in [2.45, 2.75) is 18.9 Å². The van der Waals surface area contributed by atoms with Crippen molar-refractivity contribution in [1.29, 1.82) is 5.26 Å². The molecule has 1 aliphatic rings. The van der Waals surface area contributed by atoms with Crippen LogP contribution in [0.25, 0.3) is 10.9 Å². The maximum atomic E-state index is 10.1. The predicted octanol–water partition coefficient (Wildman–Crippen LogP) is 2.07. The summed E-state index contributed by atoms with van der Waals surface area (Å²) in [6, 6.07) is 11.8. The molecule has 0 saturated carbocycles. The summed E-state index contributed by atoms with van der Waals surface area (Å²) < 4.78 is 0. The Labute approximate surface area is 111 Å². The van der Waals surface area contributed by atoms with Crippen LogP contribution in [-0.4, -0.2) is 28.8 Å². The molecule has 0 bridgehead atoms. The minimum atomic E-state index is -0.694. The first kappa shape index (κ1) is 11.9. The Morgan fingerprint density at radius 2 is 2.21 bits per heavy atom. The van der Waals surface area contributed by atoms with Crippen molar-refractivity contribution in [2.24, 2.45) is 0 Å². The summed E-state index contributed by atoms with van der Waals surface area (Å²) in [5, 5.41) is 20.3. The third kappa shape index (κ3) is 2.13. The van der Waals surface area contributed by atoms with Crippen molar-refractivity contribution in [3.05, 3.63) is 35.9 Å². The summed E-state index contributed by atoms with van der Waals surface area (Å²) in [6.07, 6.45) is 0.701. The summed E-state index contributed by atoms with van der Waals surface area (Å²) in [5.74, 6) is 0.680. The number of fused-ring (bicyclic) bond motifs is 1. The van der Waals surface area contributed by atoms with Gasteiger partial charge < -0.3 is 10.0 Å². The fraction of sp³-hybridized carbons (Fsp3) is 0.333. The van der Waals surface area contributed by atoms with E-state index in [-0.39, 0.29) is 0 Å². The molecular weight excluding hydrogens is 238 g/mol. The van der Waals surface area contributed by atoms with E-state index in [9.17, 15) is 10.4 Å². The number of hydrogen-bond acceptors (Lipinski definition) is 4. The van der Waals surface area contributed by atoms with Gasteiger partial charge in [-0.05, 0) is 25.5 Å². The number of rotatable bonds is 1. The van der Waals surface area contributed by atoms with Crippen LogP contribution in [0, 0.1) is 11.3 Å². The molecule has 1 unspecified atom stereocenters. The summed E-state index contributed by atoms with van der Waals surface area (Å²) in [5.41, 5.74) is 0.750. The van der Waals surface area contributed by atoms with Crippen LogP contribution in [0.2, 0.25) is 0 Å². The van der Waals surface area contributed by atoms with E-state index < -0.39 is 5.60 Å². The molecule has 0 aliphatic carbocycles. The summed E-state index contributed by atoms with van der Waals surface area (Å²) >= 11 is 0. The van der Waals surface area contributed by atoms with Gasteiger partial charge in [-0.15, -0.1) is 0 Å². The lowest BCUT2D eigenvalue weighted by atomic mass is 10.1. The van der Waals surface area contributed by atoms with Gasteiger partial charge >= 0.3 is 0 Å². The van der Waals surface area contributed by atoms with E-state index in [2.05, 4.69) is 11.1 Å². The average molecular weight is 253 g/mol. The Morgan fingerprint density at radius 1 is 1.42 bits per heavy atom. The first-order valence-electron chi connectivity index (χ1n) is 6.36. The van der Waals surface area contributed by atoms with Crippen LogP contribution in [0.15, 0.2) is 30.3 Å². The standard InChI is InChI=1S/C15H15N3O/c1-15(19)6-7-18(10-15)14-12(9-16)8-11-4-2-3-5-13(11)17-14/h2-5,8,19H,6-7,10H2,1H3. The number of nitriles is 1. The quantitative estimate of drug-likeness (QED) is 0.845. The van der Waals surface area contributed by atoms with E-state index in [4.69, 9.17) is 0 Å². The van der Waals surface area contributed by atoms with Gasteiger partial charge in [-0.2, -0.15) is 5.26 Å². The lowest BCUT2D eigenvalue weighted by Crippen LogP contribution is -2.30. The van der Waals surface area contributed by atoms with Gasteiger partial charge in [0.2, 0.25) is 0 Å². The minimum Gasteiger partial charge on any atom is -0.388 e. The average Bonchev–Trinajstić information content (AvgIpc) is 2.77. The van der Waals surface area contributed by atoms with E-state index in [1.807, 2.05) is 42.2 Å². The Balaban J connectivity index is 2.10. The molecule has 0 amide bonds. The Kier molecular flexibility index (Phi) is 2.65. The van der Waals surface area contributed by atoms with Crippen LogP contribution in [0.1, 0.15) is 18.9 Å². The Bertz CT molecular complexity index is 673. The molecule has 4 heteroatoms. The maximum Gasteiger partial charge on any atom is 0.147 e. The second-order valence-electron chi connectivity index (χ2n) is 5.33. The molecule has 2 aromatic rings. The van der Waals surface area contributed by atoms with Crippen LogP contribution in [0.3, 0.4) is 0 Å². The highest BCUT2D eigenvalue weighted by molar-refractivity contribution is 5.83. The molecule has 1 saturated heterocycles. The van der Waals surface area contributed by atoms with Gasteiger partial charge in [0.1, 0.15) is 11.9 Å². The monoisotopic (exact) mass is 253 g/mol. The van der Waals surface area contributed by atoms with Crippen LogP contribution in [-0.2, 0) is 0 Å². The van der Waals surface area contributed by atoms with Crippen molar-refractivity contribution in [1.82, 2.24) is 4.98 Å². The Morgan fingerprint density at radius 3 is 2.89 bits per heavy atom. The molecule has 4 nitrogen and oxygen atoms in total. The molecule has 19 heavy (non-hydrogen) atoms. The molecule has 3 rings (SSSR count). The number of aliphatic hydroxyl groups is 1. The molecule has 0 spiro atoms. The van der Waals surface area contributed by atoms with Crippen LogP contribution < -0.4 is 4.90 Å². The number of para-hydroxylation sites is 1. The number of β-amino-alcohol motifs (C(OH)–C–C–N with tert-alkyl or cyclic N) is 1. The van der Waals surface area contributed by atoms with Crippen molar-refractivity contribution >= 4 is 16.7 Å². The van der Waals surface area contributed by atoms with E-state index in [0.29, 0.717) is 24.3 Å². The molecule has 1 aliphatic heterocycles. The van der Waals surface area contributed by atoms with Gasteiger partial charge in [-0.3, -0.25) is 0 Å². The molecular formula is C15H15N3O. The van der Waals surface area contributed by atoms with Crippen molar-refractivity contribution < 1.29 is 5.11 Å². The summed E-state index contributed by atoms with van der Waals surface area (Å²) in [6.45, 7) is 3.07. The van der Waals surface area contributed by atoms with Gasteiger partial charge in [0, 0.05) is 18.5 Å². The number of pyridine rings is 1. The van der Waals surface area contributed by atoms with E-state index in [1.54, 1.807) is 0 Å². The van der Waals surface area contributed by atoms with Gasteiger partial charge in [-0.25, -0.2) is 4.98 Å². The second kappa shape index (κ2) is 4.22. The lowest BCUT2D eigenvalue weighted by molar-refractivity contribution is 0.0839. The Hall–Kier alpha value is -2.12. The van der Waals surface area contributed by atoms with Gasteiger partial charge in [0.15, 0.2) is 0 Å². The SMILES string of the molecule is CC1(O)CCN(c2nc3ccccc3cc2C#N)C1. The fourth-order valence-corrected chi connectivity index (χ4v) is 2.55. The second-order valence-corrected chi connectivity index (χ2v) is 5.33. The van der Waals surface area contributed by atoms with Crippen LogP contribution >= 0.6 is 0 Å². The number of nitrogens with zero attached hydrogens (tertiary/aromatic N) is 3. The van der Waals surface area contributed by atoms with Crippen LogP contribution in [0.5, 0.6) is 0 Å². The molecule has 1 aromatic heterocycles. The number of anilines is 1. The fourth-order valence-electron chi connectivity index (χ4n) is 2.55. The highest BCUT2D eigenvalue weighted by Gasteiger charge is 2.33. The number of benzene rings is 1. The zero-order valence-corrected chi connectivity index (χ0v) is 10.8. The minimum absolute atomic E-state index is 0.521.